The standard InChI is InChI=1S/C14H21NO2/c1-4-10-7-13(17-3)11(8-12(10)16-2)9-14(15)5-6-14/h7-8H,4-6,9,15H2,1-3H3. The third kappa shape index (κ3) is 2.55. The smallest absolute Gasteiger partial charge is 0.122 e. The zero-order valence-corrected chi connectivity index (χ0v) is 10.9. The first-order valence-corrected chi connectivity index (χ1v) is 6.14. The molecule has 1 fully saturated rings. The number of hydrogen-bond acceptors (Lipinski definition) is 3. The van der Waals surface area contributed by atoms with E-state index in [1.165, 1.54) is 5.56 Å². The molecule has 0 bridgehead atoms. The van der Waals surface area contributed by atoms with Gasteiger partial charge >= 0.3 is 0 Å². The van der Waals surface area contributed by atoms with E-state index < -0.39 is 0 Å². The fraction of sp³-hybridized carbons (Fsp3) is 0.571. The van der Waals surface area contributed by atoms with Crippen LogP contribution in [0.5, 0.6) is 11.5 Å². The highest BCUT2D eigenvalue weighted by molar-refractivity contribution is 5.47. The van der Waals surface area contributed by atoms with Crippen molar-refractivity contribution in [1.29, 1.82) is 0 Å². The minimum absolute atomic E-state index is 0.00791. The van der Waals surface area contributed by atoms with Crippen molar-refractivity contribution in [2.75, 3.05) is 14.2 Å². The summed E-state index contributed by atoms with van der Waals surface area (Å²) >= 11 is 0. The molecule has 0 aliphatic heterocycles. The van der Waals surface area contributed by atoms with Crippen molar-refractivity contribution in [3.63, 3.8) is 0 Å². The second-order valence-electron chi connectivity index (χ2n) is 4.87. The van der Waals surface area contributed by atoms with Crippen LogP contribution in [0.25, 0.3) is 0 Å². The highest BCUT2D eigenvalue weighted by Crippen LogP contribution is 2.39. The average Bonchev–Trinajstić information content (AvgIpc) is 3.06. The number of nitrogens with two attached hydrogens (primary N) is 1. The molecular formula is C14H21NO2. The van der Waals surface area contributed by atoms with Gasteiger partial charge in [-0.05, 0) is 48.9 Å². The van der Waals surface area contributed by atoms with Crippen LogP contribution in [-0.2, 0) is 12.8 Å². The number of aryl methyl sites for hydroxylation is 1. The van der Waals surface area contributed by atoms with E-state index in [4.69, 9.17) is 15.2 Å². The van der Waals surface area contributed by atoms with E-state index in [2.05, 4.69) is 19.1 Å². The van der Waals surface area contributed by atoms with Crippen molar-refractivity contribution in [1.82, 2.24) is 0 Å². The molecule has 0 heterocycles. The Morgan fingerprint density at radius 3 is 2.12 bits per heavy atom. The molecule has 0 unspecified atom stereocenters. The number of hydrogen-bond donors (Lipinski definition) is 1. The van der Waals surface area contributed by atoms with Gasteiger partial charge in [0.1, 0.15) is 11.5 Å². The first kappa shape index (κ1) is 12.2. The first-order valence-electron chi connectivity index (χ1n) is 6.14. The Labute approximate surface area is 103 Å². The summed E-state index contributed by atoms with van der Waals surface area (Å²) < 4.78 is 10.9. The van der Waals surface area contributed by atoms with E-state index >= 15 is 0 Å². The van der Waals surface area contributed by atoms with E-state index in [-0.39, 0.29) is 5.54 Å². The average molecular weight is 235 g/mol. The molecule has 3 nitrogen and oxygen atoms in total. The number of ether oxygens (including phenoxy) is 2. The van der Waals surface area contributed by atoms with Gasteiger partial charge in [-0.15, -0.1) is 0 Å². The summed E-state index contributed by atoms with van der Waals surface area (Å²) in [4.78, 5) is 0. The second-order valence-corrected chi connectivity index (χ2v) is 4.87. The van der Waals surface area contributed by atoms with Crippen molar-refractivity contribution in [3.8, 4) is 11.5 Å². The van der Waals surface area contributed by atoms with Crippen LogP contribution in [0, 0.1) is 0 Å². The lowest BCUT2D eigenvalue weighted by Gasteiger charge is -2.16. The van der Waals surface area contributed by atoms with Gasteiger partial charge in [0.05, 0.1) is 14.2 Å². The lowest BCUT2D eigenvalue weighted by atomic mass is 10.00. The molecule has 1 aliphatic carbocycles. The highest BCUT2D eigenvalue weighted by Gasteiger charge is 2.38. The molecule has 1 saturated carbocycles. The molecule has 3 heteroatoms. The monoisotopic (exact) mass is 235 g/mol. The molecule has 0 aromatic heterocycles. The zero-order valence-electron chi connectivity index (χ0n) is 10.9. The van der Waals surface area contributed by atoms with Crippen molar-refractivity contribution < 1.29 is 9.47 Å². The van der Waals surface area contributed by atoms with E-state index in [0.717, 1.165) is 42.7 Å². The summed E-state index contributed by atoms with van der Waals surface area (Å²) in [5.74, 6) is 1.87. The molecule has 2 rings (SSSR count). The predicted octanol–water partition coefficient (Wildman–Crippen LogP) is 2.30. The van der Waals surface area contributed by atoms with Gasteiger partial charge < -0.3 is 15.2 Å². The summed E-state index contributed by atoms with van der Waals surface area (Å²) in [7, 11) is 3.42. The van der Waals surface area contributed by atoms with E-state index in [1.807, 2.05) is 0 Å². The van der Waals surface area contributed by atoms with Crippen LogP contribution < -0.4 is 15.2 Å². The molecule has 2 N–H and O–H groups in total. The number of benzene rings is 1. The first-order chi connectivity index (χ1) is 8.11. The topological polar surface area (TPSA) is 44.5 Å². The molecule has 1 aliphatic rings. The Hall–Kier alpha value is -1.22. The third-order valence-corrected chi connectivity index (χ3v) is 3.50. The third-order valence-electron chi connectivity index (χ3n) is 3.50. The number of rotatable bonds is 5. The Balaban J connectivity index is 2.35. The maximum Gasteiger partial charge on any atom is 0.122 e. The van der Waals surface area contributed by atoms with Crippen molar-refractivity contribution >= 4 is 0 Å². The Bertz CT molecular complexity index is 411. The molecule has 0 amide bonds. The SMILES string of the molecule is CCc1cc(OC)c(CC2(N)CC2)cc1OC. The summed E-state index contributed by atoms with van der Waals surface area (Å²) in [6.07, 6.45) is 4.02. The molecular weight excluding hydrogens is 214 g/mol. The summed E-state index contributed by atoms with van der Waals surface area (Å²) in [6, 6.07) is 4.14. The van der Waals surface area contributed by atoms with Crippen molar-refractivity contribution in [3.05, 3.63) is 23.3 Å². The molecule has 0 atom stereocenters. The molecule has 1 aromatic rings. The maximum atomic E-state index is 6.17. The molecule has 0 radical (unpaired) electrons. The fourth-order valence-electron chi connectivity index (χ4n) is 2.16. The van der Waals surface area contributed by atoms with Gasteiger partial charge in [0.2, 0.25) is 0 Å². The van der Waals surface area contributed by atoms with Gasteiger partial charge in [-0.3, -0.25) is 0 Å². The Morgan fingerprint density at radius 2 is 1.65 bits per heavy atom. The minimum atomic E-state index is -0.00791. The van der Waals surface area contributed by atoms with Gasteiger partial charge in [0.15, 0.2) is 0 Å². The van der Waals surface area contributed by atoms with Crippen LogP contribution in [0.2, 0.25) is 0 Å². The summed E-state index contributed by atoms with van der Waals surface area (Å²) in [6.45, 7) is 2.11. The lowest BCUT2D eigenvalue weighted by molar-refractivity contribution is 0.393. The molecule has 17 heavy (non-hydrogen) atoms. The van der Waals surface area contributed by atoms with E-state index in [9.17, 15) is 0 Å². The van der Waals surface area contributed by atoms with Crippen molar-refractivity contribution in [2.45, 2.75) is 38.1 Å². The largest absolute Gasteiger partial charge is 0.496 e. The zero-order chi connectivity index (χ0) is 12.5. The fourth-order valence-corrected chi connectivity index (χ4v) is 2.16. The quantitative estimate of drug-likeness (QED) is 0.851. The van der Waals surface area contributed by atoms with Crippen molar-refractivity contribution in [2.24, 2.45) is 5.73 Å². The van der Waals surface area contributed by atoms with Crippen LogP contribution in [0.15, 0.2) is 12.1 Å². The molecule has 1 aromatic carbocycles. The van der Waals surface area contributed by atoms with Crippen LogP contribution in [-0.4, -0.2) is 19.8 Å². The number of methoxy groups -OCH3 is 2. The van der Waals surface area contributed by atoms with Gasteiger partial charge in [0, 0.05) is 5.54 Å². The van der Waals surface area contributed by atoms with Gasteiger partial charge in [-0.1, -0.05) is 6.92 Å². The lowest BCUT2D eigenvalue weighted by Crippen LogP contribution is -2.24. The maximum absolute atomic E-state index is 6.17. The molecule has 94 valence electrons. The summed E-state index contributed by atoms with van der Waals surface area (Å²) in [5, 5.41) is 0. The summed E-state index contributed by atoms with van der Waals surface area (Å²) in [5.41, 5.74) is 8.49. The second kappa shape index (κ2) is 4.57. The van der Waals surface area contributed by atoms with Gasteiger partial charge in [-0.2, -0.15) is 0 Å². The van der Waals surface area contributed by atoms with E-state index in [0.29, 0.717) is 0 Å². The van der Waals surface area contributed by atoms with Gasteiger partial charge in [-0.25, -0.2) is 0 Å². The van der Waals surface area contributed by atoms with Crippen LogP contribution in [0.3, 0.4) is 0 Å². The normalized spacial score (nSPS) is 16.7. The Morgan fingerprint density at radius 1 is 1.12 bits per heavy atom. The minimum Gasteiger partial charge on any atom is -0.496 e. The van der Waals surface area contributed by atoms with Crippen LogP contribution >= 0.6 is 0 Å². The van der Waals surface area contributed by atoms with Gasteiger partial charge in [0.25, 0.3) is 0 Å². The molecule has 0 saturated heterocycles. The van der Waals surface area contributed by atoms with E-state index in [1.54, 1.807) is 14.2 Å². The van der Waals surface area contributed by atoms with Crippen LogP contribution in [0.1, 0.15) is 30.9 Å². The van der Waals surface area contributed by atoms with Crippen LogP contribution in [0.4, 0.5) is 0 Å². The molecule has 0 spiro atoms. The Kier molecular flexibility index (Phi) is 3.29. The predicted molar refractivity (Wildman–Crippen MR) is 68.8 cm³/mol. The highest BCUT2D eigenvalue weighted by atomic mass is 16.5.